The summed E-state index contributed by atoms with van der Waals surface area (Å²) in [7, 11) is 0. The molecule has 1 aromatic heterocycles. The van der Waals surface area contributed by atoms with Crippen molar-refractivity contribution in [2.45, 2.75) is 44.8 Å². The van der Waals surface area contributed by atoms with Crippen LogP contribution in [0, 0.1) is 11.6 Å². The highest BCUT2D eigenvalue weighted by atomic mass is 32.1. The maximum atomic E-state index is 13.6. The number of hydrogen-bond donors (Lipinski definition) is 3. The van der Waals surface area contributed by atoms with Crippen LogP contribution in [-0.4, -0.2) is 46.9 Å². The first-order valence-corrected chi connectivity index (χ1v) is 10.6. The summed E-state index contributed by atoms with van der Waals surface area (Å²) < 4.78 is 26.9. The molecule has 0 radical (unpaired) electrons. The normalized spacial score (nSPS) is 17.6. The Balaban J connectivity index is 1.71. The number of rotatable bonds is 8. The summed E-state index contributed by atoms with van der Waals surface area (Å²) in [5, 5.41) is 5.96. The van der Waals surface area contributed by atoms with Crippen LogP contribution in [0.5, 0.6) is 0 Å². The van der Waals surface area contributed by atoms with E-state index in [1.807, 2.05) is 6.92 Å². The van der Waals surface area contributed by atoms with Crippen molar-refractivity contribution >= 4 is 28.3 Å². The Hall–Kier alpha value is -2.59. The van der Waals surface area contributed by atoms with E-state index in [1.54, 1.807) is 6.20 Å². The topological polar surface area (TPSA) is 100 Å². The first-order valence-electron chi connectivity index (χ1n) is 9.83. The lowest BCUT2D eigenvalue weighted by atomic mass is 10.0. The van der Waals surface area contributed by atoms with Gasteiger partial charge in [0.1, 0.15) is 6.04 Å². The minimum Gasteiger partial charge on any atom is -0.375 e. The molecule has 3 rings (SSSR count). The Labute approximate surface area is 177 Å². The molecule has 162 valence electrons. The molecule has 1 fully saturated rings. The monoisotopic (exact) mass is 437 g/mol. The number of likely N-dealkylation sites (N-methyl/N-ethyl adjacent to an activating group) is 1. The molecule has 30 heavy (non-hydrogen) atoms. The number of nitrogen functional groups attached to an aromatic ring is 1. The van der Waals surface area contributed by atoms with Crippen LogP contribution in [0.2, 0.25) is 0 Å². The zero-order chi connectivity index (χ0) is 21.7. The predicted molar refractivity (Wildman–Crippen MR) is 111 cm³/mol. The van der Waals surface area contributed by atoms with Gasteiger partial charge >= 0.3 is 0 Å². The lowest BCUT2D eigenvalue weighted by Crippen LogP contribution is -2.53. The summed E-state index contributed by atoms with van der Waals surface area (Å²) >= 11 is 1.25. The van der Waals surface area contributed by atoms with Crippen molar-refractivity contribution in [1.82, 2.24) is 20.5 Å². The van der Waals surface area contributed by atoms with Crippen molar-refractivity contribution in [3.63, 3.8) is 0 Å². The molecule has 2 amide bonds. The van der Waals surface area contributed by atoms with E-state index in [0.717, 1.165) is 42.9 Å². The number of carbonyl (C=O) groups is 2. The highest BCUT2D eigenvalue weighted by molar-refractivity contribution is 7.15. The smallest absolute Gasteiger partial charge is 0.243 e. The molecule has 4 N–H and O–H groups in total. The van der Waals surface area contributed by atoms with E-state index < -0.39 is 23.6 Å². The molecule has 0 spiro atoms. The van der Waals surface area contributed by atoms with Gasteiger partial charge in [-0.3, -0.25) is 14.5 Å². The molecule has 2 heterocycles. The van der Waals surface area contributed by atoms with Crippen LogP contribution in [0.1, 0.15) is 30.2 Å². The maximum absolute atomic E-state index is 13.6. The molecule has 2 aromatic rings. The molecule has 7 nitrogen and oxygen atoms in total. The molecular weight excluding hydrogens is 412 g/mol. The van der Waals surface area contributed by atoms with E-state index >= 15 is 0 Å². The fourth-order valence-electron chi connectivity index (χ4n) is 3.58. The van der Waals surface area contributed by atoms with Crippen LogP contribution >= 0.6 is 11.3 Å². The summed E-state index contributed by atoms with van der Waals surface area (Å²) in [6.45, 7) is 3.77. The van der Waals surface area contributed by atoms with E-state index in [2.05, 4.69) is 20.5 Å². The van der Waals surface area contributed by atoms with E-state index in [-0.39, 0.29) is 24.9 Å². The van der Waals surface area contributed by atoms with Gasteiger partial charge in [0, 0.05) is 17.5 Å². The minimum atomic E-state index is -0.994. The van der Waals surface area contributed by atoms with Gasteiger partial charge in [-0.25, -0.2) is 13.8 Å². The van der Waals surface area contributed by atoms with Crippen molar-refractivity contribution < 1.29 is 18.4 Å². The molecule has 1 aliphatic rings. The number of likely N-dealkylation sites (tertiary alicyclic amines) is 1. The second kappa shape index (κ2) is 9.94. The van der Waals surface area contributed by atoms with E-state index in [4.69, 9.17) is 5.73 Å². The highest BCUT2D eigenvalue weighted by Crippen LogP contribution is 2.18. The van der Waals surface area contributed by atoms with Crippen LogP contribution < -0.4 is 16.4 Å². The maximum Gasteiger partial charge on any atom is 0.243 e. The zero-order valence-corrected chi connectivity index (χ0v) is 17.5. The first kappa shape index (κ1) is 22.1. The number of nitrogens with one attached hydrogen (secondary N) is 2. The standard InChI is InChI=1S/C20H25F2N5O2S/c1-2-27-7-3-4-17(27)19(29)26-16(9-12-5-6-14(21)15(22)8-12)18(28)24-10-13-11-25-20(23)30-13/h5-6,8,11,16-17H,2-4,7,9-10H2,1H3,(H2,23,25)(H,24,28)(H,26,29)/t16-,17?/m0/s1. The number of amides is 2. The minimum absolute atomic E-state index is 0.0401. The number of hydrogen-bond acceptors (Lipinski definition) is 6. The third kappa shape index (κ3) is 5.51. The van der Waals surface area contributed by atoms with Crippen LogP contribution in [-0.2, 0) is 22.6 Å². The average Bonchev–Trinajstić information content (AvgIpc) is 3.37. The largest absolute Gasteiger partial charge is 0.375 e. The SMILES string of the molecule is CCN1CCCC1C(=O)N[C@@H](Cc1ccc(F)c(F)c1)C(=O)NCc1cnc(N)s1. The third-order valence-electron chi connectivity index (χ3n) is 5.14. The van der Waals surface area contributed by atoms with Crippen LogP contribution in [0.25, 0.3) is 0 Å². The van der Waals surface area contributed by atoms with Crippen molar-refractivity contribution in [2.75, 3.05) is 18.8 Å². The fourth-order valence-corrected chi connectivity index (χ4v) is 4.21. The zero-order valence-electron chi connectivity index (χ0n) is 16.7. The van der Waals surface area contributed by atoms with Crippen LogP contribution in [0.15, 0.2) is 24.4 Å². The number of carbonyl (C=O) groups excluding carboxylic acids is 2. The van der Waals surface area contributed by atoms with Gasteiger partial charge in [0.25, 0.3) is 0 Å². The van der Waals surface area contributed by atoms with Crippen LogP contribution in [0.3, 0.4) is 0 Å². The van der Waals surface area contributed by atoms with Crippen molar-refractivity contribution in [1.29, 1.82) is 0 Å². The first-order chi connectivity index (χ1) is 14.4. The van der Waals surface area contributed by atoms with Gasteiger partial charge in [0.2, 0.25) is 11.8 Å². The van der Waals surface area contributed by atoms with Gasteiger partial charge in [0.15, 0.2) is 16.8 Å². The summed E-state index contributed by atoms with van der Waals surface area (Å²) in [5.41, 5.74) is 6.01. The number of aromatic nitrogens is 1. The lowest BCUT2D eigenvalue weighted by molar-refractivity contribution is -0.131. The average molecular weight is 438 g/mol. The summed E-state index contributed by atoms with van der Waals surface area (Å²) in [4.78, 5) is 32.4. The van der Waals surface area contributed by atoms with Gasteiger partial charge in [0.05, 0.1) is 12.6 Å². The molecule has 0 bridgehead atoms. The summed E-state index contributed by atoms with van der Waals surface area (Å²) in [5.74, 6) is -2.61. The molecule has 2 atom stereocenters. The molecule has 1 saturated heterocycles. The van der Waals surface area contributed by atoms with Gasteiger partial charge in [-0.05, 0) is 43.6 Å². The van der Waals surface area contributed by atoms with Gasteiger partial charge in [-0.2, -0.15) is 0 Å². The van der Waals surface area contributed by atoms with E-state index in [1.165, 1.54) is 17.4 Å². The van der Waals surface area contributed by atoms with E-state index in [0.29, 0.717) is 10.7 Å². The van der Waals surface area contributed by atoms with Crippen LogP contribution in [0.4, 0.5) is 13.9 Å². The quantitative estimate of drug-likeness (QED) is 0.585. The Morgan fingerprint density at radius 3 is 2.83 bits per heavy atom. The Bertz CT molecular complexity index is 907. The molecular formula is C20H25F2N5O2S. The molecule has 1 aromatic carbocycles. The molecule has 10 heteroatoms. The van der Waals surface area contributed by atoms with Gasteiger partial charge in [-0.15, -0.1) is 11.3 Å². The second-order valence-corrected chi connectivity index (χ2v) is 8.33. The summed E-state index contributed by atoms with van der Waals surface area (Å²) in [6.07, 6.45) is 3.25. The molecule has 0 saturated carbocycles. The predicted octanol–water partition coefficient (Wildman–Crippen LogP) is 1.83. The Kier molecular flexibility index (Phi) is 7.33. The highest BCUT2D eigenvalue weighted by Gasteiger charge is 2.32. The second-order valence-electron chi connectivity index (χ2n) is 7.18. The molecule has 1 unspecified atom stereocenters. The Morgan fingerprint density at radius 2 is 2.17 bits per heavy atom. The number of thiazole rings is 1. The van der Waals surface area contributed by atoms with Crippen molar-refractivity contribution in [3.05, 3.63) is 46.5 Å². The number of nitrogens with zero attached hydrogens (tertiary/aromatic N) is 2. The Morgan fingerprint density at radius 1 is 1.37 bits per heavy atom. The number of anilines is 1. The molecule has 1 aliphatic heterocycles. The van der Waals surface area contributed by atoms with Crippen molar-refractivity contribution in [2.24, 2.45) is 0 Å². The number of halogens is 2. The van der Waals surface area contributed by atoms with Crippen molar-refractivity contribution in [3.8, 4) is 0 Å². The van der Waals surface area contributed by atoms with Gasteiger partial charge < -0.3 is 16.4 Å². The lowest BCUT2D eigenvalue weighted by Gasteiger charge is -2.25. The third-order valence-corrected chi connectivity index (χ3v) is 5.96. The fraction of sp³-hybridized carbons (Fsp3) is 0.450. The van der Waals surface area contributed by atoms with E-state index in [9.17, 15) is 18.4 Å². The summed E-state index contributed by atoms with van der Waals surface area (Å²) in [6, 6.07) is 2.24. The van der Waals surface area contributed by atoms with Gasteiger partial charge in [-0.1, -0.05) is 13.0 Å². The number of benzene rings is 1. The molecule has 0 aliphatic carbocycles. The number of nitrogens with two attached hydrogens (primary N) is 1.